The summed E-state index contributed by atoms with van der Waals surface area (Å²) in [5.74, 6) is -3.94. The first-order valence-corrected chi connectivity index (χ1v) is 9.75. The summed E-state index contributed by atoms with van der Waals surface area (Å²) >= 11 is 0. The zero-order valence-corrected chi connectivity index (χ0v) is 16.2. The molecule has 3 rings (SSSR count). The molecule has 0 aromatic heterocycles. The molecule has 4 atom stereocenters. The lowest BCUT2D eigenvalue weighted by atomic mass is 9.94. The van der Waals surface area contributed by atoms with E-state index in [1.807, 2.05) is 54.6 Å². The first kappa shape index (κ1) is 20.6. The van der Waals surface area contributed by atoms with Crippen molar-refractivity contribution in [1.82, 2.24) is 5.32 Å². The molecule has 6 nitrogen and oxygen atoms in total. The monoisotopic (exact) mass is 395 g/mol. The minimum Gasteiger partial charge on any atom is -0.481 e. The number of carboxylic acids is 2. The molecule has 1 amide bonds. The Morgan fingerprint density at radius 3 is 2.14 bits per heavy atom. The van der Waals surface area contributed by atoms with Crippen molar-refractivity contribution >= 4 is 17.8 Å². The predicted octanol–water partition coefficient (Wildman–Crippen LogP) is 3.21. The molecule has 3 N–H and O–H groups in total. The highest BCUT2D eigenvalue weighted by atomic mass is 16.4. The fourth-order valence-corrected chi connectivity index (χ4v) is 3.54. The van der Waals surface area contributed by atoms with Crippen molar-refractivity contribution in [1.29, 1.82) is 0 Å². The topological polar surface area (TPSA) is 104 Å². The van der Waals surface area contributed by atoms with Crippen LogP contribution in [0.3, 0.4) is 0 Å². The van der Waals surface area contributed by atoms with E-state index in [9.17, 15) is 19.5 Å². The molecular weight excluding hydrogens is 370 g/mol. The lowest BCUT2D eigenvalue weighted by Crippen LogP contribution is -2.40. The maximum Gasteiger partial charge on any atom is 0.307 e. The summed E-state index contributed by atoms with van der Waals surface area (Å²) in [6.07, 6.45) is 1.11. The number of hydrogen-bond donors (Lipinski definition) is 3. The summed E-state index contributed by atoms with van der Waals surface area (Å²) in [6, 6.07) is 17.6. The Labute approximate surface area is 169 Å². The van der Waals surface area contributed by atoms with E-state index < -0.39 is 29.7 Å². The van der Waals surface area contributed by atoms with Gasteiger partial charge in [0.25, 0.3) is 0 Å². The minimum absolute atomic E-state index is 0.284. The number of carboxylic acid groups (broad SMARTS) is 2. The highest BCUT2D eigenvalue weighted by Gasteiger charge is 2.48. The Kier molecular flexibility index (Phi) is 6.32. The Bertz CT molecular complexity index is 878. The second-order valence-electron chi connectivity index (χ2n) is 7.73. The standard InChI is InChI=1S/C23H25NO5/c1-14(22(26)27)11-18(24-21(25)19-13-20(19)23(28)29)12-15-7-9-17(10-8-15)16-5-3-2-4-6-16/h2-10,14,18-20H,11-13H2,1H3,(H,24,25)(H,26,27)(H,28,29)/t14?,18?,19-,20-/m0/s1. The van der Waals surface area contributed by atoms with Crippen LogP contribution in [0.5, 0.6) is 0 Å². The molecule has 29 heavy (non-hydrogen) atoms. The van der Waals surface area contributed by atoms with Gasteiger partial charge >= 0.3 is 11.9 Å². The first-order valence-electron chi connectivity index (χ1n) is 9.75. The van der Waals surface area contributed by atoms with Crippen LogP contribution in [0, 0.1) is 17.8 Å². The maximum absolute atomic E-state index is 12.4. The molecule has 2 unspecified atom stereocenters. The Morgan fingerprint density at radius 2 is 1.59 bits per heavy atom. The van der Waals surface area contributed by atoms with E-state index in [-0.39, 0.29) is 18.4 Å². The summed E-state index contributed by atoms with van der Waals surface area (Å²) in [5.41, 5.74) is 3.17. The minimum atomic E-state index is -0.961. The van der Waals surface area contributed by atoms with Gasteiger partial charge < -0.3 is 15.5 Å². The molecule has 0 radical (unpaired) electrons. The number of hydrogen-bond acceptors (Lipinski definition) is 3. The summed E-state index contributed by atoms with van der Waals surface area (Å²) in [6.45, 7) is 1.61. The molecule has 0 saturated heterocycles. The molecule has 0 bridgehead atoms. The van der Waals surface area contributed by atoms with Gasteiger partial charge in [0.2, 0.25) is 5.91 Å². The van der Waals surface area contributed by atoms with Gasteiger partial charge in [0.15, 0.2) is 0 Å². The molecule has 2 aromatic carbocycles. The highest BCUT2D eigenvalue weighted by Crippen LogP contribution is 2.39. The van der Waals surface area contributed by atoms with Crippen LogP contribution in [0.1, 0.15) is 25.3 Å². The molecule has 1 fully saturated rings. The normalized spacial score (nSPS) is 19.8. The molecule has 1 saturated carbocycles. The largest absolute Gasteiger partial charge is 0.481 e. The molecular formula is C23H25NO5. The van der Waals surface area contributed by atoms with Crippen molar-refractivity contribution in [3.8, 4) is 11.1 Å². The third-order valence-electron chi connectivity index (χ3n) is 5.39. The SMILES string of the molecule is CC(CC(Cc1ccc(-c2ccccc2)cc1)NC(=O)[C@H]1C[C@@H]1C(=O)O)C(=O)O. The number of nitrogens with one attached hydrogen (secondary N) is 1. The fraction of sp³-hybridized carbons (Fsp3) is 0.348. The average molecular weight is 395 g/mol. The number of carbonyl (C=O) groups is 3. The van der Waals surface area contributed by atoms with Gasteiger partial charge in [0, 0.05) is 6.04 Å². The van der Waals surface area contributed by atoms with Crippen LogP contribution in [0.25, 0.3) is 11.1 Å². The quantitative estimate of drug-likeness (QED) is 0.605. The molecule has 6 heteroatoms. The number of rotatable bonds is 9. The van der Waals surface area contributed by atoms with Crippen LogP contribution in [-0.2, 0) is 20.8 Å². The molecule has 0 aliphatic heterocycles. The van der Waals surface area contributed by atoms with E-state index in [1.165, 1.54) is 0 Å². The maximum atomic E-state index is 12.4. The van der Waals surface area contributed by atoms with Gasteiger partial charge in [0.05, 0.1) is 17.8 Å². The van der Waals surface area contributed by atoms with E-state index in [4.69, 9.17) is 5.11 Å². The highest BCUT2D eigenvalue weighted by molar-refractivity contribution is 5.89. The lowest BCUT2D eigenvalue weighted by molar-refractivity contribution is -0.141. The van der Waals surface area contributed by atoms with Gasteiger partial charge in [-0.25, -0.2) is 0 Å². The van der Waals surface area contributed by atoms with Crippen LogP contribution in [0.15, 0.2) is 54.6 Å². The fourth-order valence-electron chi connectivity index (χ4n) is 3.54. The zero-order chi connectivity index (χ0) is 21.0. The summed E-state index contributed by atoms with van der Waals surface area (Å²) in [4.78, 5) is 34.7. The summed E-state index contributed by atoms with van der Waals surface area (Å²) < 4.78 is 0. The second kappa shape index (κ2) is 8.90. The van der Waals surface area contributed by atoms with E-state index in [2.05, 4.69) is 5.32 Å². The van der Waals surface area contributed by atoms with Gasteiger partial charge in [-0.2, -0.15) is 0 Å². The molecule has 0 spiro atoms. The van der Waals surface area contributed by atoms with Gasteiger partial charge in [-0.3, -0.25) is 14.4 Å². The van der Waals surface area contributed by atoms with Crippen LogP contribution < -0.4 is 5.32 Å². The molecule has 1 aliphatic carbocycles. The lowest BCUT2D eigenvalue weighted by Gasteiger charge is -2.21. The van der Waals surface area contributed by atoms with Crippen LogP contribution in [0.4, 0.5) is 0 Å². The average Bonchev–Trinajstić information content (AvgIpc) is 3.50. The third-order valence-corrected chi connectivity index (χ3v) is 5.39. The summed E-state index contributed by atoms with van der Waals surface area (Å²) in [5, 5.41) is 21.1. The predicted molar refractivity (Wildman–Crippen MR) is 108 cm³/mol. The van der Waals surface area contributed by atoms with Crippen molar-refractivity contribution < 1.29 is 24.6 Å². The van der Waals surface area contributed by atoms with Crippen LogP contribution in [0.2, 0.25) is 0 Å². The molecule has 152 valence electrons. The summed E-state index contributed by atoms with van der Waals surface area (Å²) in [7, 11) is 0. The van der Waals surface area contributed by atoms with E-state index in [1.54, 1.807) is 6.92 Å². The smallest absolute Gasteiger partial charge is 0.307 e. The Morgan fingerprint density at radius 1 is 0.966 bits per heavy atom. The van der Waals surface area contributed by atoms with E-state index in [0.717, 1.165) is 16.7 Å². The number of amides is 1. The number of aliphatic carboxylic acids is 2. The Hall–Kier alpha value is -3.15. The molecule has 0 heterocycles. The van der Waals surface area contributed by atoms with Crippen LogP contribution in [-0.4, -0.2) is 34.1 Å². The van der Waals surface area contributed by atoms with Gasteiger partial charge in [-0.1, -0.05) is 61.5 Å². The van der Waals surface area contributed by atoms with Gasteiger partial charge in [-0.05, 0) is 36.0 Å². The number of carbonyl (C=O) groups excluding carboxylic acids is 1. The molecule has 1 aliphatic rings. The third kappa shape index (κ3) is 5.44. The number of benzene rings is 2. The van der Waals surface area contributed by atoms with Crippen molar-refractivity contribution in [2.45, 2.75) is 32.2 Å². The van der Waals surface area contributed by atoms with Crippen molar-refractivity contribution in [2.24, 2.45) is 17.8 Å². The zero-order valence-electron chi connectivity index (χ0n) is 16.2. The van der Waals surface area contributed by atoms with E-state index >= 15 is 0 Å². The second-order valence-corrected chi connectivity index (χ2v) is 7.73. The van der Waals surface area contributed by atoms with E-state index in [0.29, 0.717) is 12.8 Å². The Balaban J connectivity index is 1.68. The first-order chi connectivity index (χ1) is 13.8. The van der Waals surface area contributed by atoms with Crippen molar-refractivity contribution in [2.75, 3.05) is 0 Å². The van der Waals surface area contributed by atoms with Crippen LogP contribution >= 0.6 is 0 Å². The van der Waals surface area contributed by atoms with Crippen molar-refractivity contribution in [3.63, 3.8) is 0 Å². The van der Waals surface area contributed by atoms with Gasteiger partial charge in [-0.15, -0.1) is 0 Å². The van der Waals surface area contributed by atoms with Gasteiger partial charge in [0.1, 0.15) is 0 Å². The van der Waals surface area contributed by atoms with Crippen molar-refractivity contribution in [3.05, 3.63) is 60.2 Å². The molecule has 2 aromatic rings.